The smallest absolute Gasteiger partial charge is 0.301 e. The molecule has 0 spiro atoms. The second kappa shape index (κ2) is 10.4. The number of ketones is 1. The Morgan fingerprint density at radius 3 is 2.45 bits per heavy atom. The van der Waals surface area contributed by atoms with Crippen molar-refractivity contribution >= 4 is 55.7 Å². The van der Waals surface area contributed by atoms with Gasteiger partial charge in [0.05, 0.1) is 42.7 Å². The molecule has 3 aromatic carbocycles. The van der Waals surface area contributed by atoms with Gasteiger partial charge in [-0.05, 0) is 67.1 Å². The highest BCUT2D eigenvalue weighted by Crippen LogP contribution is 2.46. The molecule has 8 nitrogen and oxygen atoms in total. The molecule has 1 aliphatic heterocycles. The molecule has 1 aromatic heterocycles. The van der Waals surface area contributed by atoms with Crippen LogP contribution in [0.25, 0.3) is 16.0 Å². The van der Waals surface area contributed by atoms with Gasteiger partial charge in [-0.25, -0.2) is 4.98 Å². The van der Waals surface area contributed by atoms with Crippen LogP contribution in [0.1, 0.15) is 24.1 Å². The molecule has 1 aliphatic rings. The minimum absolute atomic E-state index is 0.0660. The van der Waals surface area contributed by atoms with E-state index >= 15 is 0 Å². The van der Waals surface area contributed by atoms with Crippen LogP contribution in [-0.2, 0) is 9.59 Å². The van der Waals surface area contributed by atoms with Gasteiger partial charge >= 0.3 is 5.91 Å². The van der Waals surface area contributed by atoms with Gasteiger partial charge in [-0.1, -0.05) is 29.0 Å². The van der Waals surface area contributed by atoms with E-state index < -0.39 is 17.7 Å². The number of amides is 1. The van der Waals surface area contributed by atoms with Gasteiger partial charge in [0, 0.05) is 10.6 Å². The number of thiazole rings is 1. The number of anilines is 1. The van der Waals surface area contributed by atoms with E-state index in [0.717, 1.165) is 4.70 Å². The molecule has 0 bridgehead atoms. The normalized spacial score (nSPS) is 16.7. The van der Waals surface area contributed by atoms with Crippen LogP contribution in [0.2, 0.25) is 5.02 Å². The van der Waals surface area contributed by atoms with Gasteiger partial charge in [0.2, 0.25) is 0 Å². The van der Waals surface area contributed by atoms with Gasteiger partial charge < -0.3 is 19.3 Å². The summed E-state index contributed by atoms with van der Waals surface area (Å²) in [5.74, 6) is -0.426. The predicted octanol–water partition coefficient (Wildman–Crippen LogP) is 5.99. The molecule has 1 unspecified atom stereocenters. The highest BCUT2D eigenvalue weighted by Gasteiger charge is 2.48. The van der Waals surface area contributed by atoms with Crippen LogP contribution in [-0.4, -0.2) is 42.6 Å². The van der Waals surface area contributed by atoms with E-state index in [9.17, 15) is 14.7 Å². The summed E-state index contributed by atoms with van der Waals surface area (Å²) in [6.07, 6.45) is 0. The number of carbonyl (C=O) groups excluding carboxylic acids is 2. The van der Waals surface area contributed by atoms with E-state index in [4.69, 9.17) is 25.8 Å². The molecule has 1 saturated heterocycles. The fourth-order valence-electron chi connectivity index (χ4n) is 4.39. The second-order valence-electron chi connectivity index (χ2n) is 8.35. The minimum Gasteiger partial charge on any atom is -0.507 e. The fourth-order valence-corrected chi connectivity index (χ4v) is 5.66. The third kappa shape index (κ3) is 4.44. The Morgan fingerprint density at radius 2 is 1.76 bits per heavy atom. The molecular formula is C28H23ClN2O6S. The Kier molecular flexibility index (Phi) is 6.96. The molecule has 1 fully saturated rings. The Labute approximate surface area is 227 Å². The molecule has 4 aromatic rings. The first kappa shape index (κ1) is 25.6. The third-order valence-corrected chi connectivity index (χ3v) is 7.40. The summed E-state index contributed by atoms with van der Waals surface area (Å²) in [5.41, 5.74) is 1.47. The van der Waals surface area contributed by atoms with Crippen LogP contribution >= 0.6 is 22.9 Å². The van der Waals surface area contributed by atoms with E-state index in [1.54, 1.807) is 60.7 Å². The lowest BCUT2D eigenvalue weighted by Gasteiger charge is -2.23. The second-order valence-corrected chi connectivity index (χ2v) is 9.79. The Morgan fingerprint density at radius 1 is 1.03 bits per heavy atom. The number of hydrogen-bond donors (Lipinski definition) is 1. The number of aromatic nitrogens is 1. The quantitative estimate of drug-likeness (QED) is 0.171. The number of aliphatic hydroxyl groups is 1. The highest BCUT2D eigenvalue weighted by molar-refractivity contribution is 7.22. The highest BCUT2D eigenvalue weighted by atomic mass is 35.5. The standard InChI is InChI=1S/C28H23ClN2O6S/c1-4-37-18-9-5-15(6-10-18)25(32)23-24(16-7-12-20(35-2)21(13-16)36-3)31(27(34)26(23)33)28-30-19-11-8-17(29)14-22(19)38-28/h5-14,24,32H,4H2,1-3H3/b25-23+. The van der Waals surface area contributed by atoms with Crippen LogP contribution in [0, 0.1) is 0 Å². The maximum atomic E-state index is 13.5. The molecule has 1 amide bonds. The Hall–Kier alpha value is -4.08. The first-order chi connectivity index (χ1) is 18.4. The lowest BCUT2D eigenvalue weighted by molar-refractivity contribution is -0.132. The van der Waals surface area contributed by atoms with Crippen molar-refractivity contribution in [2.24, 2.45) is 0 Å². The molecule has 10 heteroatoms. The molecule has 0 aliphatic carbocycles. The zero-order valence-electron chi connectivity index (χ0n) is 20.7. The van der Waals surface area contributed by atoms with Crippen molar-refractivity contribution in [3.05, 3.63) is 82.4 Å². The summed E-state index contributed by atoms with van der Waals surface area (Å²) < 4.78 is 17.1. The number of methoxy groups -OCH3 is 2. The number of rotatable bonds is 7. The molecule has 1 N–H and O–H groups in total. The van der Waals surface area contributed by atoms with Crippen molar-refractivity contribution in [3.63, 3.8) is 0 Å². The third-order valence-electron chi connectivity index (χ3n) is 6.15. The molecular weight excluding hydrogens is 528 g/mol. The largest absolute Gasteiger partial charge is 0.507 e. The number of hydrogen-bond acceptors (Lipinski definition) is 8. The number of Topliss-reactive ketones (excluding diaryl/α,β-unsaturated/α-hetero) is 1. The van der Waals surface area contributed by atoms with Crippen LogP contribution in [0.3, 0.4) is 0 Å². The van der Waals surface area contributed by atoms with E-state index in [-0.39, 0.29) is 11.3 Å². The van der Waals surface area contributed by atoms with Crippen LogP contribution in [0.4, 0.5) is 5.13 Å². The average molecular weight is 551 g/mol. The summed E-state index contributed by atoms with van der Waals surface area (Å²) in [6.45, 7) is 2.36. The van der Waals surface area contributed by atoms with Crippen molar-refractivity contribution in [3.8, 4) is 17.2 Å². The first-order valence-electron chi connectivity index (χ1n) is 11.7. The van der Waals surface area contributed by atoms with Gasteiger partial charge in [-0.15, -0.1) is 0 Å². The lowest BCUT2D eigenvalue weighted by Crippen LogP contribution is -2.29. The van der Waals surface area contributed by atoms with Crippen molar-refractivity contribution in [2.75, 3.05) is 25.7 Å². The summed E-state index contributed by atoms with van der Waals surface area (Å²) in [5, 5.41) is 12.2. The number of halogens is 1. The zero-order valence-corrected chi connectivity index (χ0v) is 22.3. The maximum absolute atomic E-state index is 13.5. The fraction of sp³-hybridized carbons (Fsp3) is 0.179. The monoisotopic (exact) mass is 550 g/mol. The SMILES string of the molecule is CCOc1ccc(/C(O)=C2\C(=O)C(=O)N(c3nc4ccc(Cl)cc4s3)C2c2ccc(OC)c(OC)c2)cc1. The topological polar surface area (TPSA) is 98.2 Å². The van der Waals surface area contributed by atoms with Gasteiger partial charge in [0.25, 0.3) is 5.78 Å². The van der Waals surface area contributed by atoms with E-state index in [1.165, 1.54) is 30.5 Å². The molecule has 1 atom stereocenters. The number of ether oxygens (including phenoxy) is 3. The maximum Gasteiger partial charge on any atom is 0.301 e. The van der Waals surface area contributed by atoms with E-state index in [2.05, 4.69) is 4.98 Å². The van der Waals surface area contributed by atoms with Crippen molar-refractivity contribution in [2.45, 2.75) is 13.0 Å². The Bertz CT molecular complexity index is 1580. The first-order valence-corrected chi connectivity index (χ1v) is 12.9. The van der Waals surface area contributed by atoms with Gasteiger partial charge in [0.1, 0.15) is 11.5 Å². The average Bonchev–Trinajstić information content (AvgIpc) is 3.45. The number of carbonyl (C=O) groups is 2. The number of nitrogens with zero attached hydrogens (tertiary/aromatic N) is 2. The van der Waals surface area contributed by atoms with Crippen LogP contribution < -0.4 is 19.1 Å². The molecule has 38 heavy (non-hydrogen) atoms. The molecule has 0 saturated carbocycles. The molecule has 5 rings (SSSR count). The summed E-state index contributed by atoms with van der Waals surface area (Å²) >= 11 is 7.39. The summed E-state index contributed by atoms with van der Waals surface area (Å²) in [6, 6.07) is 16.0. The van der Waals surface area contributed by atoms with E-state index in [0.29, 0.717) is 50.7 Å². The molecule has 2 heterocycles. The number of benzene rings is 3. The van der Waals surface area contributed by atoms with Crippen LogP contribution in [0.5, 0.6) is 17.2 Å². The van der Waals surface area contributed by atoms with Crippen molar-refractivity contribution in [1.82, 2.24) is 4.98 Å². The molecule has 194 valence electrons. The van der Waals surface area contributed by atoms with Crippen molar-refractivity contribution in [1.29, 1.82) is 0 Å². The number of fused-ring (bicyclic) bond motifs is 1. The summed E-state index contributed by atoms with van der Waals surface area (Å²) in [4.78, 5) is 32.9. The Balaban J connectivity index is 1.71. The predicted molar refractivity (Wildman–Crippen MR) is 147 cm³/mol. The minimum atomic E-state index is -0.975. The van der Waals surface area contributed by atoms with Crippen molar-refractivity contribution < 1.29 is 28.9 Å². The number of aliphatic hydroxyl groups excluding tert-OH is 1. The van der Waals surface area contributed by atoms with E-state index in [1.807, 2.05) is 6.92 Å². The lowest BCUT2D eigenvalue weighted by atomic mass is 9.95. The van der Waals surface area contributed by atoms with Gasteiger partial charge in [-0.3, -0.25) is 14.5 Å². The zero-order chi connectivity index (χ0) is 27.0. The van der Waals surface area contributed by atoms with Gasteiger partial charge in [-0.2, -0.15) is 0 Å². The summed E-state index contributed by atoms with van der Waals surface area (Å²) in [7, 11) is 3.01. The molecule has 0 radical (unpaired) electrons. The van der Waals surface area contributed by atoms with Crippen LogP contribution in [0.15, 0.2) is 66.2 Å². The van der Waals surface area contributed by atoms with Gasteiger partial charge in [0.15, 0.2) is 16.6 Å².